The van der Waals surface area contributed by atoms with Crippen molar-refractivity contribution in [3.63, 3.8) is 0 Å². The fourth-order valence-electron chi connectivity index (χ4n) is 4.65. The SMILES string of the molecule is Cc1c(N(C)C(=O)OCC2c3ccccc3-c3ccccc32)cc(C(=O)OC(C)(C)C)cc1[B-](F)(F)F. The normalized spacial score (nSPS) is 13.1. The topological polar surface area (TPSA) is 55.8 Å². The Labute approximate surface area is 214 Å². The number of hydrogen-bond acceptors (Lipinski definition) is 4. The number of ether oxygens (including phenoxy) is 2. The average molecular weight is 510 g/mol. The second-order valence-corrected chi connectivity index (χ2v) is 10.1. The lowest BCUT2D eigenvalue weighted by Gasteiger charge is -2.27. The summed E-state index contributed by atoms with van der Waals surface area (Å²) in [6, 6.07) is 17.7. The van der Waals surface area contributed by atoms with E-state index in [-0.39, 0.29) is 29.3 Å². The molecule has 194 valence electrons. The van der Waals surface area contributed by atoms with E-state index in [9.17, 15) is 22.5 Å². The molecule has 0 fully saturated rings. The molecule has 0 aliphatic heterocycles. The second-order valence-electron chi connectivity index (χ2n) is 10.1. The van der Waals surface area contributed by atoms with E-state index >= 15 is 0 Å². The molecule has 0 heterocycles. The average Bonchev–Trinajstić information content (AvgIpc) is 3.14. The van der Waals surface area contributed by atoms with Crippen molar-refractivity contribution in [2.75, 3.05) is 18.6 Å². The van der Waals surface area contributed by atoms with Crippen LogP contribution in [0.5, 0.6) is 0 Å². The van der Waals surface area contributed by atoms with Gasteiger partial charge in [-0.25, -0.2) is 9.59 Å². The molecule has 0 N–H and O–H groups in total. The van der Waals surface area contributed by atoms with Gasteiger partial charge in [0.1, 0.15) is 12.2 Å². The number of rotatable bonds is 5. The first-order chi connectivity index (χ1) is 17.3. The van der Waals surface area contributed by atoms with Crippen molar-refractivity contribution in [1.29, 1.82) is 0 Å². The number of hydrogen-bond donors (Lipinski definition) is 0. The minimum atomic E-state index is -5.45. The summed E-state index contributed by atoms with van der Waals surface area (Å²) in [6.07, 6.45) is -0.827. The lowest BCUT2D eigenvalue weighted by Crippen LogP contribution is -2.39. The Hall–Kier alpha value is -3.75. The number of carbonyl (C=O) groups excluding carboxylic acids is 2. The Morgan fingerprint density at radius 3 is 2.00 bits per heavy atom. The Morgan fingerprint density at radius 1 is 0.946 bits per heavy atom. The molecule has 0 unspecified atom stereocenters. The van der Waals surface area contributed by atoms with E-state index in [0.717, 1.165) is 33.2 Å². The smallest absolute Gasteiger partial charge is 0.456 e. The van der Waals surface area contributed by atoms with Crippen LogP contribution in [0, 0.1) is 6.92 Å². The van der Waals surface area contributed by atoms with E-state index < -0.39 is 30.1 Å². The van der Waals surface area contributed by atoms with Crippen LogP contribution in [0.2, 0.25) is 0 Å². The maximum Gasteiger partial charge on any atom is 0.509 e. The molecule has 37 heavy (non-hydrogen) atoms. The van der Waals surface area contributed by atoms with E-state index in [2.05, 4.69) is 0 Å². The zero-order chi connectivity index (χ0) is 27.1. The predicted octanol–water partition coefficient (Wildman–Crippen LogP) is 6.39. The van der Waals surface area contributed by atoms with Crippen molar-refractivity contribution in [2.24, 2.45) is 0 Å². The number of benzene rings is 3. The molecule has 1 aliphatic rings. The molecule has 0 spiro atoms. The third kappa shape index (κ3) is 5.35. The zero-order valence-electron chi connectivity index (χ0n) is 21.3. The third-order valence-electron chi connectivity index (χ3n) is 6.38. The van der Waals surface area contributed by atoms with Gasteiger partial charge in [0, 0.05) is 18.7 Å². The van der Waals surface area contributed by atoms with Gasteiger partial charge in [-0.3, -0.25) is 4.90 Å². The fraction of sp³-hybridized carbons (Fsp3) is 0.286. The summed E-state index contributed by atoms with van der Waals surface area (Å²) < 4.78 is 52.5. The summed E-state index contributed by atoms with van der Waals surface area (Å²) in [5, 5.41) is 0. The number of esters is 1. The van der Waals surface area contributed by atoms with Gasteiger partial charge in [-0.2, -0.15) is 0 Å². The van der Waals surface area contributed by atoms with Crippen LogP contribution in [0.4, 0.5) is 23.4 Å². The van der Waals surface area contributed by atoms with Crippen molar-refractivity contribution in [2.45, 2.75) is 39.2 Å². The Bertz CT molecular complexity index is 1320. The first-order valence-electron chi connectivity index (χ1n) is 11.9. The Morgan fingerprint density at radius 2 is 1.49 bits per heavy atom. The first-order valence-corrected chi connectivity index (χ1v) is 11.9. The summed E-state index contributed by atoms with van der Waals surface area (Å²) in [5.74, 6) is -1.11. The Balaban J connectivity index is 1.62. The predicted molar refractivity (Wildman–Crippen MR) is 139 cm³/mol. The minimum Gasteiger partial charge on any atom is -0.456 e. The molecule has 9 heteroatoms. The molecule has 1 amide bonds. The highest BCUT2D eigenvalue weighted by molar-refractivity contribution is 6.74. The van der Waals surface area contributed by atoms with E-state index in [1.165, 1.54) is 20.0 Å². The molecule has 1 aliphatic carbocycles. The molecule has 4 rings (SSSR count). The van der Waals surface area contributed by atoms with E-state index in [0.29, 0.717) is 0 Å². The summed E-state index contributed by atoms with van der Waals surface area (Å²) in [7, 11) is 1.33. The molecule has 0 aromatic heterocycles. The standard InChI is InChI=1S/C28H28BF3NO4/c1-17-24(29(30,31)32)14-18(26(34)37-28(2,3)4)15-25(17)33(5)27(35)36-16-23-21-12-8-6-10-19(21)20-11-7-9-13-22(20)23/h6-15,23H,16H2,1-5H3/q-1. The quantitative estimate of drug-likeness (QED) is 0.295. The summed E-state index contributed by atoms with van der Waals surface area (Å²) >= 11 is 0. The van der Waals surface area contributed by atoms with Crippen LogP contribution in [-0.2, 0) is 9.47 Å². The number of carbonyl (C=O) groups is 2. The molecule has 5 nitrogen and oxygen atoms in total. The molecular weight excluding hydrogens is 482 g/mol. The van der Waals surface area contributed by atoms with E-state index in [4.69, 9.17) is 9.47 Å². The van der Waals surface area contributed by atoms with Crippen LogP contribution in [0.1, 0.15) is 53.7 Å². The van der Waals surface area contributed by atoms with Crippen LogP contribution in [0.3, 0.4) is 0 Å². The van der Waals surface area contributed by atoms with Crippen LogP contribution < -0.4 is 10.4 Å². The molecule has 0 radical (unpaired) electrons. The number of anilines is 1. The van der Waals surface area contributed by atoms with Crippen molar-refractivity contribution in [3.05, 3.63) is 82.9 Å². The van der Waals surface area contributed by atoms with Crippen molar-refractivity contribution >= 4 is 30.2 Å². The number of halogens is 3. The van der Waals surface area contributed by atoms with Gasteiger partial charge in [0.2, 0.25) is 0 Å². The highest BCUT2D eigenvalue weighted by Gasteiger charge is 2.33. The number of nitrogens with zero attached hydrogens (tertiary/aromatic N) is 1. The molecule has 0 bridgehead atoms. The van der Waals surface area contributed by atoms with Gasteiger partial charge in [0.05, 0.1) is 5.56 Å². The highest BCUT2D eigenvalue weighted by atomic mass is 19.4. The van der Waals surface area contributed by atoms with Crippen molar-refractivity contribution in [3.8, 4) is 11.1 Å². The largest absolute Gasteiger partial charge is 0.509 e. The van der Waals surface area contributed by atoms with Gasteiger partial charge in [0.15, 0.2) is 0 Å². The van der Waals surface area contributed by atoms with Crippen molar-refractivity contribution < 1.29 is 32.0 Å². The van der Waals surface area contributed by atoms with Gasteiger partial charge in [-0.15, -0.1) is 5.46 Å². The highest BCUT2D eigenvalue weighted by Crippen LogP contribution is 2.44. The fourth-order valence-corrected chi connectivity index (χ4v) is 4.65. The van der Waals surface area contributed by atoms with E-state index in [1.807, 2.05) is 48.5 Å². The minimum absolute atomic E-state index is 0.0120. The summed E-state index contributed by atoms with van der Waals surface area (Å²) in [5.41, 5.74) is 1.76. The molecule has 0 atom stereocenters. The van der Waals surface area contributed by atoms with Gasteiger partial charge < -0.3 is 22.4 Å². The molecule has 0 saturated carbocycles. The monoisotopic (exact) mass is 510 g/mol. The number of fused-ring (bicyclic) bond motifs is 3. The van der Waals surface area contributed by atoms with Gasteiger partial charge >= 0.3 is 19.0 Å². The maximum absolute atomic E-state index is 13.9. The second kappa shape index (κ2) is 9.61. The maximum atomic E-state index is 13.9. The molecule has 0 saturated heterocycles. The zero-order valence-corrected chi connectivity index (χ0v) is 21.3. The molecule has 3 aromatic rings. The van der Waals surface area contributed by atoms with Crippen LogP contribution >= 0.6 is 0 Å². The van der Waals surface area contributed by atoms with Crippen LogP contribution in [-0.4, -0.2) is 38.3 Å². The van der Waals surface area contributed by atoms with Crippen LogP contribution in [0.15, 0.2) is 60.7 Å². The summed E-state index contributed by atoms with van der Waals surface area (Å²) in [6.45, 7) is 0.695. The van der Waals surface area contributed by atoms with Gasteiger partial charge in [0.25, 0.3) is 0 Å². The number of amides is 1. The van der Waals surface area contributed by atoms with Crippen molar-refractivity contribution in [1.82, 2.24) is 0 Å². The third-order valence-corrected chi connectivity index (χ3v) is 6.38. The molecule has 3 aromatic carbocycles. The van der Waals surface area contributed by atoms with Gasteiger partial charge in [-0.05, 0) is 56.0 Å². The van der Waals surface area contributed by atoms with E-state index in [1.54, 1.807) is 20.8 Å². The molecular formula is C28H28BF3NO4-. The van der Waals surface area contributed by atoms with Gasteiger partial charge in [-0.1, -0.05) is 60.2 Å². The summed E-state index contributed by atoms with van der Waals surface area (Å²) in [4.78, 5) is 26.7. The first kappa shape index (κ1) is 26.3. The lowest BCUT2D eigenvalue weighted by molar-refractivity contribution is 0.00695. The Kier molecular flexibility index (Phi) is 6.84. The lowest BCUT2D eigenvalue weighted by atomic mass is 9.75. The van der Waals surface area contributed by atoms with Crippen LogP contribution in [0.25, 0.3) is 11.1 Å².